The number of imidazole rings is 1. The van der Waals surface area contributed by atoms with Crippen LogP contribution in [0.5, 0.6) is 0 Å². The third-order valence-electron chi connectivity index (χ3n) is 8.38. The highest BCUT2D eigenvalue weighted by atomic mass is 15.0. The summed E-state index contributed by atoms with van der Waals surface area (Å²) in [6, 6.07) is 46.7. The Labute approximate surface area is 247 Å². The Bertz CT molecular complexity index is 2490. The normalized spacial score (nSPS) is 11.7. The van der Waals surface area contributed by atoms with Gasteiger partial charge in [-0.25, -0.2) is 15.0 Å². The maximum atomic E-state index is 5.28. The standard InChI is InChI=1S/C39H24N4/c1-2-11-30-27(8-1)23-33(32-13-4-3-12-31(30)32)35-20-18-26-16-15-25-17-19-34(41-38(25)39(26)42-35)28-9-7-10-29(22-28)36-24-43-21-6-5-14-37(43)40-36/h1-24H. The summed E-state index contributed by atoms with van der Waals surface area (Å²) in [7, 11) is 0. The second kappa shape index (κ2) is 9.33. The van der Waals surface area contributed by atoms with Crippen molar-refractivity contribution in [3.8, 4) is 33.8 Å². The van der Waals surface area contributed by atoms with E-state index in [0.29, 0.717) is 0 Å². The van der Waals surface area contributed by atoms with E-state index in [1.165, 1.54) is 21.5 Å². The molecule has 0 saturated heterocycles. The van der Waals surface area contributed by atoms with Crippen LogP contribution in [0.4, 0.5) is 0 Å². The Morgan fingerprint density at radius 3 is 1.88 bits per heavy atom. The van der Waals surface area contributed by atoms with Crippen molar-refractivity contribution >= 4 is 49.0 Å². The Hall–Kier alpha value is -5.87. The van der Waals surface area contributed by atoms with Gasteiger partial charge in [-0.3, -0.25) is 0 Å². The molecular weight excluding hydrogens is 524 g/mol. The van der Waals surface area contributed by atoms with Crippen LogP contribution >= 0.6 is 0 Å². The summed E-state index contributed by atoms with van der Waals surface area (Å²) in [6.07, 6.45) is 4.09. The molecule has 0 amide bonds. The highest BCUT2D eigenvalue weighted by molar-refractivity contribution is 6.14. The summed E-state index contributed by atoms with van der Waals surface area (Å²) in [5, 5.41) is 7.05. The maximum absolute atomic E-state index is 5.28. The van der Waals surface area contributed by atoms with Crippen LogP contribution in [0.2, 0.25) is 0 Å². The Balaban J connectivity index is 1.21. The third-order valence-corrected chi connectivity index (χ3v) is 8.38. The van der Waals surface area contributed by atoms with Crippen molar-refractivity contribution in [3.05, 3.63) is 146 Å². The first-order valence-corrected chi connectivity index (χ1v) is 14.4. The first-order chi connectivity index (χ1) is 21.3. The summed E-state index contributed by atoms with van der Waals surface area (Å²) < 4.78 is 2.05. The third kappa shape index (κ3) is 3.88. The van der Waals surface area contributed by atoms with Gasteiger partial charge in [0, 0.05) is 39.9 Å². The number of hydrogen-bond acceptors (Lipinski definition) is 3. The van der Waals surface area contributed by atoms with E-state index < -0.39 is 0 Å². The SMILES string of the molecule is c1cc(-c2ccc3ccc4ccc(-c5cc6ccccc6c6ccccc56)nc4c3n2)cc(-c2cn3ccccc3n2)c1. The van der Waals surface area contributed by atoms with E-state index in [1.807, 2.05) is 28.8 Å². The highest BCUT2D eigenvalue weighted by Gasteiger charge is 2.13. The van der Waals surface area contributed by atoms with E-state index >= 15 is 0 Å². The minimum Gasteiger partial charge on any atom is -0.306 e. The largest absolute Gasteiger partial charge is 0.306 e. The molecule has 0 atom stereocenters. The number of benzene rings is 5. The lowest BCUT2D eigenvalue weighted by Crippen LogP contribution is -1.92. The molecule has 4 heterocycles. The van der Waals surface area contributed by atoms with Crippen molar-refractivity contribution in [1.29, 1.82) is 0 Å². The molecule has 0 aliphatic carbocycles. The second-order valence-corrected chi connectivity index (χ2v) is 11.0. The van der Waals surface area contributed by atoms with Crippen LogP contribution in [0.25, 0.3) is 82.8 Å². The molecule has 0 spiro atoms. The van der Waals surface area contributed by atoms with Gasteiger partial charge in [0.05, 0.1) is 28.1 Å². The second-order valence-electron chi connectivity index (χ2n) is 11.0. The minimum atomic E-state index is 0.903. The fraction of sp³-hybridized carbons (Fsp3) is 0. The molecule has 0 radical (unpaired) electrons. The molecule has 4 nitrogen and oxygen atoms in total. The van der Waals surface area contributed by atoms with Gasteiger partial charge in [0.1, 0.15) is 5.65 Å². The first-order valence-electron chi connectivity index (χ1n) is 14.4. The van der Waals surface area contributed by atoms with Gasteiger partial charge >= 0.3 is 0 Å². The first kappa shape index (κ1) is 23.8. The van der Waals surface area contributed by atoms with E-state index in [0.717, 1.165) is 61.2 Å². The number of nitrogens with zero attached hydrogens (tertiary/aromatic N) is 4. The maximum Gasteiger partial charge on any atom is 0.137 e. The van der Waals surface area contributed by atoms with Crippen molar-refractivity contribution in [3.63, 3.8) is 0 Å². The van der Waals surface area contributed by atoms with E-state index in [-0.39, 0.29) is 0 Å². The molecular formula is C39H24N4. The van der Waals surface area contributed by atoms with Crippen LogP contribution in [-0.2, 0) is 0 Å². The fourth-order valence-electron chi connectivity index (χ4n) is 6.26. The summed E-state index contributed by atoms with van der Waals surface area (Å²) in [4.78, 5) is 15.3. The van der Waals surface area contributed by atoms with Crippen molar-refractivity contribution in [2.45, 2.75) is 0 Å². The Kier molecular flexibility index (Phi) is 5.16. The van der Waals surface area contributed by atoms with Crippen LogP contribution in [0.3, 0.4) is 0 Å². The molecule has 5 aromatic carbocycles. The monoisotopic (exact) mass is 548 g/mol. The fourth-order valence-corrected chi connectivity index (χ4v) is 6.26. The average Bonchev–Trinajstić information content (AvgIpc) is 3.52. The molecule has 0 bridgehead atoms. The number of pyridine rings is 3. The van der Waals surface area contributed by atoms with Gasteiger partial charge in [0.2, 0.25) is 0 Å². The topological polar surface area (TPSA) is 43.1 Å². The van der Waals surface area contributed by atoms with Crippen LogP contribution < -0.4 is 0 Å². The predicted molar refractivity (Wildman–Crippen MR) is 177 cm³/mol. The lowest BCUT2D eigenvalue weighted by molar-refractivity contribution is 1.19. The quantitative estimate of drug-likeness (QED) is 0.206. The molecule has 9 rings (SSSR count). The van der Waals surface area contributed by atoms with Gasteiger partial charge in [-0.1, -0.05) is 97.1 Å². The number of hydrogen-bond donors (Lipinski definition) is 0. The van der Waals surface area contributed by atoms with Crippen molar-refractivity contribution in [2.24, 2.45) is 0 Å². The lowest BCUT2D eigenvalue weighted by atomic mass is 9.95. The van der Waals surface area contributed by atoms with E-state index in [2.05, 4.69) is 121 Å². The zero-order valence-corrected chi connectivity index (χ0v) is 23.1. The molecule has 4 aromatic heterocycles. The summed E-state index contributed by atoms with van der Waals surface area (Å²) in [5.74, 6) is 0. The van der Waals surface area contributed by atoms with Crippen molar-refractivity contribution in [2.75, 3.05) is 0 Å². The summed E-state index contributed by atoms with van der Waals surface area (Å²) in [6.45, 7) is 0. The molecule has 200 valence electrons. The van der Waals surface area contributed by atoms with Crippen molar-refractivity contribution in [1.82, 2.24) is 19.4 Å². The molecule has 43 heavy (non-hydrogen) atoms. The molecule has 0 aliphatic heterocycles. The van der Waals surface area contributed by atoms with Crippen LogP contribution in [0.15, 0.2) is 146 Å². The van der Waals surface area contributed by atoms with E-state index in [4.69, 9.17) is 15.0 Å². The zero-order valence-electron chi connectivity index (χ0n) is 23.1. The molecule has 0 N–H and O–H groups in total. The Morgan fingerprint density at radius 1 is 0.419 bits per heavy atom. The van der Waals surface area contributed by atoms with Gasteiger partial charge in [-0.2, -0.15) is 0 Å². The number of rotatable bonds is 3. The molecule has 0 unspecified atom stereocenters. The molecule has 4 heteroatoms. The predicted octanol–water partition coefficient (Wildman–Crippen LogP) is 9.74. The van der Waals surface area contributed by atoms with Gasteiger partial charge in [-0.15, -0.1) is 0 Å². The number of fused-ring (bicyclic) bond motifs is 7. The lowest BCUT2D eigenvalue weighted by Gasteiger charge is -2.12. The average molecular weight is 549 g/mol. The molecule has 0 fully saturated rings. The summed E-state index contributed by atoms with van der Waals surface area (Å²) >= 11 is 0. The highest BCUT2D eigenvalue weighted by Crippen LogP contribution is 2.36. The van der Waals surface area contributed by atoms with Gasteiger partial charge < -0.3 is 4.40 Å². The molecule has 0 aliphatic rings. The number of aromatic nitrogens is 4. The molecule has 9 aromatic rings. The van der Waals surface area contributed by atoms with Crippen LogP contribution in [0, 0.1) is 0 Å². The van der Waals surface area contributed by atoms with Gasteiger partial charge in [-0.05, 0) is 57.9 Å². The Morgan fingerprint density at radius 2 is 1.07 bits per heavy atom. The summed E-state index contributed by atoms with van der Waals surface area (Å²) in [5.41, 5.74) is 8.77. The van der Waals surface area contributed by atoms with E-state index in [9.17, 15) is 0 Å². The van der Waals surface area contributed by atoms with Crippen LogP contribution in [0.1, 0.15) is 0 Å². The minimum absolute atomic E-state index is 0.903. The smallest absolute Gasteiger partial charge is 0.137 e. The molecule has 0 saturated carbocycles. The van der Waals surface area contributed by atoms with Crippen LogP contribution in [-0.4, -0.2) is 19.4 Å². The van der Waals surface area contributed by atoms with Gasteiger partial charge in [0.25, 0.3) is 0 Å². The van der Waals surface area contributed by atoms with Crippen molar-refractivity contribution < 1.29 is 0 Å². The zero-order chi connectivity index (χ0) is 28.3. The van der Waals surface area contributed by atoms with Gasteiger partial charge in [0.15, 0.2) is 0 Å². The van der Waals surface area contributed by atoms with E-state index in [1.54, 1.807) is 0 Å².